The number of carboxylic acids is 2. The minimum Gasteiger partial charge on any atom is -0.478 e. The number of likely N-dealkylation sites (tertiary alicyclic amines) is 1. The molecule has 3 heterocycles. The highest BCUT2D eigenvalue weighted by molar-refractivity contribution is 5.93. The lowest BCUT2D eigenvalue weighted by Crippen LogP contribution is -2.39. The van der Waals surface area contributed by atoms with Gasteiger partial charge < -0.3 is 20.8 Å². The smallest absolute Gasteiger partial charge is 0.335 e. The molecule has 1 aromatic heterocycles. The van der Waals surface area contributed by atoms with E-state index < -0.39 is 11.9 Å². The molecule has 31 heavy (non-hydrogen) atoms. The van der Waals surface area contributed by atoms with E-state index >= 15 is 0 Å². The molecule has 0 unspecified atom stereocenters. The van der Waals surface area contributed by atoms with E-state index in [2.05, 4.69) is 26.9 Å². The van der Waals surface area contributed by atoms with Crippen LogP contribution in [0.3, 0.4) is 0 Å². The maximum Gasteiger partial charge on any atom is 0.335 e. The van der Waals surface area contributed by atoms with E-state index in [1.807, 2.05) is 6.20 Å². The molecular formula is C23H30N4O4. The number of hydrogen-bond acceptors (Lipinski definition) is 6. The minimum absolute atomic E-state index is 0.0186. The van der Waals surface area contributed by atoms with E-state index in [0.717, 1.165) is 57.4 Å². The molecule has 0 atom stereocenters. The molecule has 2 saturated heterocycles. The molecule has 4 rings (SSSR count). The van der Waals surface area contributed by atoms with E-state index in [0.29, 0.717) is 6.04 Å². The molecule has 1 aromatic carbocycles. The molecule has 0 aliphatic carbocycles. The van der Waals surface area contributed by atoms with Gasteiger partial charge in [0.1, 0.15) is 5.82 Å². The van der Waals surface area contributed by atoms with Crippen molar-refractivity contribution in [1.82, 2.24) is 9.88 Å². The van der Waals surface area contributed by atoms with Crippen LogP contribution in [0.4, 0.5) is 5.82 Å². The SMILES string of the molecule is NC1CCN(Cc2ccnc(N3CCCC3)c2)CC1.O=C(O)c1cccc(C(=O)O)c1. The predicted octanol–water partition coefficient (Wildman–Crippen LogP) is 2.69. The monoisotopic (exact) mass is 426 g/mol. The molecular weight excluding hydrogens is 396 g/mol. The highest BCUT2D eigenvalue weighted by Crippen LogP contribution is 2.20. The number of carboxylic acid groups (broad SMARTS) is 2. The van der Waals surface area contributed by atoms with Gasteiger partial charge in [0.25, 0.3) is 0 Å². The third-order valence-electron chi connectivity index (χ3n) is 5.63. The van der Waals surface area contributed by atoms with E-state index in [1.165, 1.54) is 36.6 Å². The lowest BCUT2D eigenvalue weighted by atomic mass is 10.1. The Kier molecular flexibility index (Phi) is 7.97. The van der Waals surface area contributed by atoms with Crippen LogP contribution in [0.5, 0.6) is 0 Å². The van der Waals surface area contributed by atoms with Crippen LogP contribution in [0.1, 0.15) is 52.0 Å². The molecule has 8 heteroatoms. The number of pyridine rings is 1. The molecule has 2 aliphatic heterocycles. The molecule has 166 valence electrons. The zero-order valence-electron chi connectivity index (χ0n) is 17.6. The van der Waals surface area contributed by atoms with Crippen molar-refractivity contribution in [1.29, 1.82) is 0 Å². The summed E-state index contributed by atoms with van der Waals surface area (Å²) in [6.45, 7) is 5.62. The second kappa shape index (κ2) is 10.9. The zero-order valence-corrected chi connectivity index (χ0v) is 17.6. The van der Waals surface area contributed by atoms with Crippen LogP contribution < -0.4 is 10.6 Å². The summed E-state index contributed by atoms with van der Waals surface area (Å²) in [6.07, 6.45) is 6.82. The van der Waals surface area contributed by atoms with Crippen molar-refractivity contribution in [2.45, 2.75) is 38.3 Å². The van der Waals surface area contributed by atoms with Crippen LogP contribution in [0, 0.1) is 0 Å². The molecule has 0 spiro atoms. The topological polar surface area (TPSA) is 120 Å². The molecule has 0 amide bonds. The van der Waals surface area contributed by atoms with E-state index in [9.17, 15) is 9.59 Å². The number of aromatic nitrogens is 1. The summed E-state index contributed by atoms with van der Waals surface area (Å²) < 4.78 is 0. The van der Waals surface area contributed by atoms with Gasteiger partial charge in [0.15, 0.2) is 0 Å². The number of carbonyl (C=O) groups is 2. The van der Waals surface area contributed by atoms with Crippen molar-refractivity contribution in [2.75, 3.05) is 31.1 Å². The Bertz CT molecular complexity index is 861. The molecule has 4 N–H and O–H groups in total. The fraction of sp³-hybridized carbons (Fsp3) is 0.435. The van der Waals surface area contributed by atoms with Crippen molar-refractivity contribution in [3.05, 3.63) is 59.3 Å². The summed E-state index contributed by atoms with van der Waals surface area (Å²) in [6, 6.07) is 10.0. The third-order valence-corrected chi connectivity index (χ3v) is 5.63. The van der Waals surface area contributed by atoms with Gasteiger partial charge in [-0.25, -0.2) is 14.6 Å². The second-order valence-electron chi connectivity index (χ2n) is 8.02. The highest BCUT2D eigenvalue weighted by atomic mass is 16.4. The minimum atomic E-state index is -1.13. The lowest BCUT2D eigenvalue weighted by Gasteiger charge is -2.30. The summed E-state index contributed by atoms with van der Waals surface area (Å²) in [7, 11) is 0. The molecule has 2 aliphatic rings. The van der Waals surface area contributed by atoms with Crippen molar-refractivity contribution < 1.29 is 19.8 Å². The number of aromatic carboxylic acids is 2. The van der Waals surface area contributed by atoms with Gasteiger partial charge in [-0.3, -0.25) is 4.90 Å². The van der Waals surface area contributed by atoms with Crippen molar-refractivity contribution in [2.24, 2.45) is 5.73 Å². The quantitative estimate of drug-likeness (QED) is 0.667. The van der Waals surface area contributed by atoms with E-state index in [4.69, 9.17) is 15.9 Å². The van der Waals surface area contributed by atoms with Gasteiger partial charge >= 0.3 is 11.9 Å². The normalized spacial score (nSPS) is 17.1. The first kappa shape index (κ1) is 22.7. The Morgan fingerprint density at radius 1 is 0.968 bits per heavy atom. The summed E-state index contributed by atoms with van der Waals surface area (Å²) in [5, 5.41) is 17.0. The summed E-state index contributed by atoms with van der Waals surface area (Å²) >= 11 is 0. The van der Waals surface area contributed by atoms with Crippen LogP contribution in [-0.4, -0.2) is 64.3 Å². The Labute approximate surface area is 182 Å². The fourth-order valence-corrected chi connectivity index (χ4v) is 3.83. The van der Waals surface area contributed by atoms with Gasteiger partial charge in [-0.1, -0.05) is 6.07 Å². The van der Waals surface area contributed by atoms with Gasteiger partial charge in [0.2, 0.25) is 0 Å². The van der Waals surface area contributed by atoms with E-state index in [1.54, 1.807) is 0 Å². The fourth-order valence-electron chi connectivity index (χ4n) is 3.83. The largest absolute Gasteiger partial charge is 0.478 e. The maximum atomic E-state index is 10.4. The van der Waals surface area contributed by atoms with Gasteiger partial charge in [-0.05, 0) is 74.7 Å². The number of hydrogen-bond donors (Lipinski definition) is 3. The van der Waals surface area contributed by atoms with E-state index in [-0.39, 0.29) is 11.1 Å². The predicted molar refractivity (Wildman–Crippen MR) is 119 cm³/mol. The Morgan fingerprint density at radius 3 is 2.16 bits per heavy atom. The van der Waals surface area contributed by atoms with Crippen LogP contribution in [0.25, 0.3) is 0 Å². The average molecular weight is 427 g/mol. The van der Waals surface area contributed by atoms with Crippen molar-refractivity contribution in [3.63, 3.8) is 0 Å². The number of piperidine rings is 1. The van der Waals surface area contributed by atoms with Gasteiger partial charge in [-0.2, -0.15) is 0 Å². The first-order valence-corrected chi connectivity index (χ1v) is 10.7. The van der Waals surface area contributed by atoms with Crippen molar-refractivity contribution >= 4 is 17.8 Å². The maximum absolute atomic E-state index is 10.4. The zero-order chi connectivity index (χ0) is 22.2. The van der Waals surface area contributed by atoms with Crippen LogP contribution in [0.2, 0.25) is 0 Å². The highest BCUT2D eigenvalue weighted by Gasteiger charge is 2.17. The van der Waals surface area contributed by atoms with Gasteiger partial charge in [-0.15, -0.1) is 0 Å². The van der Waals surface area contributed by atoms with Crippen molar-refractivity contribution in [3.8, 4) is 0 Å². The Hall–Kier alpha value is -2.97. The summed E-state index contributed by atoms with van der Waals surface area (Å²) in [5.74, 6) is -1.10. The molecule has 0 saturated carbocycles. The molecule has 0 radical (unpaired) electrons. The first-order chi connectivity index (χ1) is 14.9. The number of rotatable bonds is 5. The average Bonchev–Trinajstić information content (AvgIpc) is 3.31. The van der Waals surface area contributed by atoms with Crippen LogP contribution in [0.15, 0.2) is 42.6 Å². The van der Waals surface area contributed by atoms with Crippen LogP contribution >= 0.6 is 0 Å². The third kappa shape index (κ3) is 6.77. The summed E-state index contributed by atoms with van der Waals surface area (Å²) in [4.78, 5) is 30.2. The standard InChI is InChI=1S/C15H24N4.C8H6O4/c16-14-4-9-18(10-5-14)12-13-3-6-17-15(11-13)19-7-1-2-8-19;9-7(10)5-2-1-3-6(4-5)8(11)12/h3,6,11,14H,1-2,4-5,7-10,12,16H2;1-4H,(H,9,10)(H,11,12). The first-order valence-electron chi connectivity index (χ1n) is 10.7. The van der Waals surface area contributed by atoms with Crippen LogP contribution in [-0.2, 0) is 6.54 Å². The summed E-state index contributed by atoms with van der Waals surface area (Å²) in [5.41, 5.74) is 7.30. The second-order valence-corrected chi connectivity index (χ2v) is 8.02. The number of nitrogens with zero attached hydrogens (tertiary/aromatic N) is 3. The molecule has 0 bridgehead atoms. The Balaban J connectivity index is 0.000000196. The number of anilines is 1. The molecule has 2 fully saturated rings. The number of benzene rings is 1. The molecule has 2 aromatic rings. The molecule has 8 nitrogen and oxygen atoms in total. The Morgan fingerprint density at radius 2 is 1.58 bits per heavy atom. The van der Waals surface area contributed by atoms with Gasteiger partial charge in [0, 0.05) is 31.9 Å². The lowest BCUT2D eigenvalue weighted by molar-refractivity contribution is 0.0696. The number of nitrogens with two attached hydrogens (primary N) is 1. The van der Waals surface area contributed by atoms with Gasteiger partial charge in [0.05, 0.1) is 11.1 Å².